The minimum absolute atomic E-state index is 0.0786. The third-order valence-electron chi connectivity index (χ3n) is 3.80. The van der Waals surface area contributed by atoms with Crippen LogP contribution in [0.25, 0.3) is 0 Å². The smallest absolute Gasteiger partial charge is 0.311 e. The highest BCUT2D eigenvalue weighted by atomic mass is 19.1. The van der Waals surface area contributed by atoms with Crippen molar-refractivity contribution in [1.29, 1.82) is 0 Å². The minimum atomic E-state index is -1.03. The molecule has 7 heteroatoms. The summed E-state index contributed by atoms with van der Waals surface area (Å²) in [6.07, 6.45) is -1.21. The molecule has 0 fully saturated rings. The molecule has 2 aromatic carbocycles. The van der Waals surface area contributed by atoms with E-state index in [0.29, 0.717) is 16.8 Å². The number of Topliss-reactive ketones (excluding diaryl/α,β-unsaturated/α-hetero) is 1. The lowest BCUT2D eigenvalue weighted by Crippen LogP contribution is -2.30. The largest absolute Gasteiger partial charge is 0.494 e. The number of anilines is 1. The molecule has 0 unspecified atom stereocenters. The average molecular weight is 373 g/mol. The first-order valence-electron chi connectivity index (χ1n) is 8.24. The van der Waals surface area contributed by atoms with E-state index in [1.165, 1.54) is 33.1 Å². The second kappa shape index (κ2) is 8.93. The van der Waals surface area contributed by atoms with E-state index in [-0.39, 0.29) is 18.0 Å². The zero-order valence-corrected chi connectivity index (χ0v) is 15.2. The Bertz CT molecular complexity index is 848. The summed E-state index contributed by atoms with van der Waals surface area (Å²) in [5.41, 5.74) is 1.41. The first-order valence-corrected chi connectivity index (χ1v) is 8.24. The molecule has 0 radical (unpaired) electrons. The van der Waals surface area contributed by atoms with Gasteiger partial charge in [0.05, 0.1) is 13.5 Å². The predicted molar refractivity (Wildman–Crippen MR) is 97.3 cm³/mol. The standard InChI is InChI=1S/C20H20FNO5/c1-12(23)15-5-7-16(8-6-15)22-20(25)13(2)27-19(24)11-14-4-9-18(26-3)17(21)10-14/h4-10,13H,11H2,1-3H3,(H,22,25)/t13-/m1/s1. The molecule has 1 atom stereocenters. The van der Waals surface area contributed by atoms with Crippen molar-refractivity contribution in [2.75, 3.05) is 12.4 Å². The van der Waals surface area contributed by atoms with Crippen LogP contribution in [0.4, 0.5) is 10.1 Å². The van der Waals surface area contributed by atoms with Crippen molar-refractivity contribution in [2.24, 2.45) is 0 Å². The lowest BCUT2D eigenvalue weighted by atomic mass is 10.1. The molecule has 27 heavy (non-hydrogen) atoms. The number of nitrogens with one attached hydrogen (secondary N) is 1. The van der Waals surface area contributed by atoms with Crippen LogP contribution in [0.15, 0.2) is 42.5 Å². The third-order valence-corrected chi connectivity index (χ3v) is 3.80. The van der Waals surface area contributed by atoms with Gasteiger partial charge in [0.25, 0.3) is 5.91 Å². The maximum atomic E-state index is 13.6. The van der Waals surface area contributed by atoms with E-state index < -0.39 is 23.8 Å². The van der Waals surface area contributed by atoms with Gasteiger partial charge in [0.2, 0.25) is 0 Å². The van der Waals surface area contributed by atoms with Crippen molar-refractivity contribution in [1.82, 2.24) is 0 Å². The Kier molecular flexibility index (Phi) is 6.65. The summed E-state index contributed by atoms with van der Waals surface area (Å²) in [7, 11) is 1.35. The molecular formula is C20H20FNO5. The number of methoxy groups -OCH3 is 1. The highest BCUT2D eigenvalue weighted by molar-refractivity contribution is 5.97. The first kappa shape index (κ1) is 20.1. The van der Waals surface area contributed by atoms with Gasteiger partial charge in [0.15, 0.2) is 23.5 Å². The summed E-state index contributed by atoms with van der Waals surface area (Å²) in [5.74, 6) is -1.75. The SMILES string of the molecule is COc1ccc(CC(=O)O[C@H](C)C(=O)Nc2ccc(C(C)=O)cc2)cc1F. The molecule has 2 aromatic rings. The number of carbonyl (C=O) groups excluding carboxylic acids is 3. The van der Waals surface area contributed by atoms with Crippen LogP contribution in [0.1, 0.15) is 29.8 Å². The molecule has 0 spiro atoms. The quantitative estimate of drug-likeness (QED) is 0.596. The van der Waals surface area contributed by atoms with Gasteiger partial charge in [-0.2, -0.15) is 0 Å². The van der Waals surface area contributed by atoms with Gasteiger partial charge in [0.1, 0.15) is 0 Å². The third kappa shape index (κ3) is 5.64. The molecule has 2 rings (SSSR count). The number of rotatable bonds is 7. The van der Waals surface area contributed by atoms with Crippen LogP contribution in [0.2, 0.25) is 0 Å². The topological polar surface area (TPSA) is 81.7 Å². The van der Waals surface area contributed by atoms with Crippen molar-refractivity contribution in [3.63, 3.8) is 0 Å². The Morgan fingerprint density at radius 3 is 2.33 bits per heavy atom. The van der Waals surface area contributed by atoms with E-state index in [9.17, 15) is 18.8 Å². The van der Waals surface area contributed by atoms with Crippen LogP contribution in [0.3, 0.4) is 0 Å². The van der Waals surface area contributed by atoms with E-state index in [0.717, 1.165) is 0 Å². The molecule has 0 aliphatic heterocycles. The van der Waals surface area contributed by atoms with Crippen molar-refractivity contribution < 1.29 is 28.2 Å². The van der Waals surface area contributed by atoms with Crippen LogP contribution >= 0.6 is 0 Å². The number of hydrogen-bond acceptors (Lipinski definition) is 5. The van der Waals surface area contributed by atoms with Crippen molar-refractivity contribution in [3.8, 4) is 5.75 Å². The Morgan fingerprint density at radius 2 is 1.78 bits per heavy atom. The summed E-state index contributed by atoms with van der Waals surface area (Å²) in [4.78, 5) is 35.3. The minimum Gasteiger partial charge on any atom is -0.494 e. The van der Waals surface area contributed by atoms with Crippen LogP contribution in [-0.2, 0) is 20.7 Å². The summed E-state index contributed by atoms with van der Waals surface area (Å²) in [6.45, 7) is 2.88. The first-order chi connectivity index (χ1) is 12.8. The number of esters is 1. The number of hydrogen-bond donors (Lipinski definition) is 1. The molecule has 0 saturated carbocycles. The molecule has 0 saturated heterocycles. The zero-order chi connectivity index (χ0) is 20.0. The lowest BCUT2D eigenvalue weighted by Gasteiger charge is -2.14. The van der Waals surface area contributed by atoms with E-state index >= 15 is 0 Å². The van der Waals surface area contributed by atoms with Crippen LogP contribution in [0.5, 0.6) is 5.75 Å². The highest BCUT2D eigenvalue weighted by Gasteiger charge is 2.18. The number of carbonyl (C=O) groups is 3. The molecule has 0 aromatic heterocycles. The Labute approximate surface area is 156 Å². The van der Waals surface area contributed by atoms with Crippen molar-refractivity contribution in [2.45, 2.75) is 26.4 Å². The number of ether oxygens (including phenoxy) is 2. The van der Waals surface area contributed by atoms with Gasteiger partial charge in [-0.05, 0) is 55.8 Å². The lowest BCUT2D eigenvalue weighted by molar-refractivity contribution is -0.152. The molecular weight excluding hydrogens is 353 g/mol. The van der Waals surface area contributed by atoms with E-state index in [1.807, 2.05) is 0 Å². The van der Waals surface area contributed by atoms with E-state index in [4.69, 9.17) is 9.47 Å². The summed E-state index contributed by atoms with van der Waals surface area (Å²) < 4.78 is 23.6. The van der Waals surface area contributed by atoms with Crippen LogP contribution in [-0.4, -0.2) is 30.9 Å². The molecule has 0 bridgehead atoms. The average Bonchev–Trinajstić information content (AvgIpc) is 2.62. The van der Waals surface area contributed by atoms with Gasteiger partial charge in [-0.25, -0.2) is 4.39 Å². The Balaban J connectivity index is 1.90. The highest BCUT2D eigenvalue weighted by Crippen LogP contribution is 2.18. The molecule has 1 N–H and O–H groups in total. The van der Waals surface area contributed by atoms with Gasteiger partial charge in [-0.3, -0.25) is 14.4 Å². The number of amides is 1. The number of halogens is 1. The van der Waals surface area contributed by atoms with Crippen molar-refractivity contribution >= 4 is 23.3 Å². The normalized spacial score (nSPS) is 11.4. The fraction of sp³-hybridized carbons (Fsp3) is 0.250. The maximum Gasteiger partial charge on any atom is 0.311 e. The fourth-order valence-electron chi connectivity index (χ4n) is 2.31. The van der Waals surface area contributed by atoms with E-state index in [2.05, 4.69) is 5.32 Å². The second-order valence-electron chi connectivity index (χ2n) is 5.90. The predicted octanol–water partition coefficient (Wildman–Crippen LogP) is 3.15. The second-order valence-corrected chi connectivity index (χ2v) is 5.90. The molecule has 0 aliphatic carbocycles. The number of ketones is 1. The Morgan fingerprint density at radius 1 is 1.11 bits per heavy atom. The Hall–Kier alpha value is -3.22. The van der Waals surface area contributed by atoms with E-state index in [1.54, 1.807) is 30.3 Å². The molecule has 0 heterocycles. The summed E-state index contributed by atoms with van der Waals surface area (Å²) >= 11 is 0. The van der Waals surface area contributed by atoms with Gasteiger partial charge in [-0.1, -0.05) is 6.07 Å². The van der Waals surface area contributed by atoms with Gasteiger partial charge < -0.3 is 14.8 Å². The van der Waals surface area contributed by atoms with Crippen LogP contribution in [0, 0.1) is 5.82 Å². The van der Waals surface area contributed by atoms with Crippen molar-refractivity contribution in [3.05, 3.63) is 59.4 Å². The molecule has 142 valence electrons. The zero-order valence-electron chi connectivity index (χ0n) is 15.2. The van der Waals surface area contributed by atoms with Gasteiger partial charge >= 0.3 is 5.97 Å². The fourth-order valence-corrected chi connectivity index (χ4v) is 2.31. The molecule has 1 amide bonds. The molecule has 6 nitrogen and oxygen atoms in total. The summed E-state index contributed by atoms with van der Waals surface area (Å²) in [6, 6.07) is 10.5. The summed E-state index contributed by atoms with van der Waals surface area (Å²) in [5, 5.41) is 2.60. The molecule has 0 aliphatic rings. The van der Waals surface area contributed by atoms with Gasteiger partial charge in [0, 0.05) is 11.3 Å². The monoisotopic (exact) mass is 373 g/mol. The maximum absolute atomic E-state index is 13.6. The van der Waals surface area contributed by atoms with Gasteiger partial charge in [-0.15, -0.1) is 0 Å². The number of benzene rings is 2. The van der Waals surface area contributed by atoms with Crippen LogP contribution < -0.4 is 10.1 Å².